The van der Waals surface area contributed by atoms with Gasteiger partial charge in [-0.3, -0.25) is 9.59 Å². The number of nitrogens with one attached hydrogen (secondary N) is 1. The normalized spacial score (nSPS) is 29.9. The number of rotatable bonds is 3. The van der Waals surface area contributed by atoms with Gasteiger partial charge >= 0.3 is 5.97 Å². The van der Waals surface area contributed by atoms with Crippen molar-refractivity contribution >= 4 is 11.9 Å². The lowest BCUT2D eigenvalue weighted by atomic mass is 9.83. The molecular weight excluding hydrogens is 236 g/mol. The minimum atomic E-state index is -1.09. The Bertz CT molecular complexity index is 350. The third-order valence-corrected chi connectivity index (χ3v) is 3.48. The number of ether oxygens (including phenoxy) is 1. The number of carbonyl (C=O) groups is 2. The first kappa shape index (κ1) is 14.9. The third-order valence-electron chi connectivity index (χ3n) is 3.48. The highest BCUT2D eigenvalue weighted by Gasteiger charge is 2.48. The molecule has 0 saturated carbocycles. The van der Waals surface area contributed by atoms with E-state index >= 15 is 0 Å². The summed E-state index contributed by atoms with van der Waals surface area (Å²) < 4.78 is 5.16. The van der Waals surface area contributed by atoms with Crippen molar-refractivity contribution < 1.29 is 19.4 Å². The van der Waals surface area contributed by atoms with Crippen molar-refractivity contribution in [3.05, 3.63) is 0 Å². The lowest BCUT2D eigenvalue weighted by Crippen LogP contribution is -2.56. The summed E-state index contributed by atoms with van der Waals surface area (Å²) in [6, 6.07) is -1.23. The number of carbonyl (C=O) groups excluding carboxylic acids is 1. The Morgan fingerprint density at radius 1 is 1.50 bits per heavy atom. The van der Waals surface area contributed by atoms with Gasteiger partial charge in [-0.05, 0) is 12.3 Å². The zero-order valence-electron chi connectivity index (χ0n) is 11.3. The molecule has 1 saturated heterocycles. The van der Waals surface area contributed by atoms with E-state index in [-0.39, 0.29) is 24.5 Å². The Kier molecular flexibility index (Phi) is 4.02. The maximum Gasteiger partial charge on any atom is 0.313 e. The van der Waals surface area contributed by atoms with Crippen LogP contribution in [0.3, 0.4) is 0 Å². The second-order valence-corrected chi connectivity index (χ2v) is 6.14. The van der Waals surface area contributed by atoms with Gasteiger partial charge < -0.3 is 20.9 Å². The van der Waals surface area contributed by atoms with E-state index < -0.39 is 23.5 Å². The standard InChI is InChI=1S/C12H22N2O4/c1-11(2,3)8(13)9(15)14-7-5-18-6-12(7,4)10(16)17/h7-8H,5-6,13H2,1-4H3,(H,14,15)(H,16,17). The molecule has 4 N–H and O–H groups in total. The number of aliphatic carboxylic acids is 1. The molecule has 6 heteroatoms. The van der Waals surface area contributed by atoms with Crippen molar-refractivity contribution in [2.24, 2.45) is 16.6 Å². The molecule has 0 aliphatic carbocycles. The van der Waals surface area contributed by atoms with Crippen molar-refractivity contribution in [2.45, 2.75) is 39.8 Å². The fourth-order valence-corrected chi connectivity index (χ4v) is 1.74. The van der Waals surface area contributed by atoms with Crippen LogP contribution in [0.25, 0.3) is 0 Å². The monoisotopic (exact) mass is 258 g/mol. The Hall–Kier alpha value is -1.14. The first-order valence-electron chi connectivity index (χ1n) is 5.96. The van der Waals surface area contributed by atoms with E-state index in [1.54, 1.807) is 6.92 Å². The van der Waals surface area contributed by atoms with Gasteiger partial charge in [-0.1, -0.05) is 20.8 Å². The predicted octanol–water partition coefficient (Wildman–Crippen LogP) is -0.0343. The van der Waals surface area contributed by atoms with Gasteiger partial charge in [0.1, 0.15) is 5.41 Å². The molecule has 18 heavy (non-hydrogen) atoms. The molecule has 0 aromatic heterocycles. The molecule has 6 nitrogen and oxygen atoms in total. The molecular formula is C12H22N2O4. The molecule has 3 unspecified atom stereocenters. The van der Waals surface area contributed by atoms with Crippen LogP contribution >= 0.6 is 0 Å². The Morgan fingerprint density at radius 2 is 2.06 bits per heavy atom. The van der Waals surface area contributed by atoms with Gasteiger partial charge in [0, 0.05) is 0 Å². The molecule has 3 atom stereocenters. The molecule has 1 aliphatic heterocycles. The van der Waals surface area contributed by atoms with Crippen LogP contribution in [0.1, 0.15) is 27.7 Å². The van der Waals surface area contributed by atoms with Crippen LogP contribution in [0, 0.1) is 10.8 Å². The summed E-state index contributed by atoms with van der Waals surface area (Å²) in [6.07, 6.45) is 0. The Morgan fingerprint density at radius 3 is 2.50 bits per heavy atom. The van der Waals surface area contributed by atoms with Crippen LogP contribution in [0.4, 0.5) is 0 Å². The summed E-state index contributed by atoms with van der Waals surface area (Å²) in [7, 11) is 0. The molecule has 1 fully saturated rings. The predicted molar refractivity (Wildman–Crippen MR) is 65.9 cm³/mol. The molecule has 1 amide bonds. The van der Waals surface area contributed by atoms with E-state index in [1.165, 1.54) is 0 Å². The summed E-state index contributed by atoms with van der Waals surface area (Å²) in [4.78, 5) is 23.2. The molecule has 0 bridgehead atoms. The van der Waals surface area contributed by atoms with Gasteiger partial charge in [0.25, 0.3) is 0 Å². The first-order valence-corrected chi connectivity index (χ1v) is 5.96. The number of nitrogens with two attached hydrogens (primary N) is 1. The topological polar surface area (TPSA) is 102 Å². The number of carboxylic acid groups (broad SMARTS) is 1. The maximum absolute atomic E-state index is 12.0. The van der Waals surface area contributed by atoms with Crippen LogP contribution in [-0.4, -0.2) is 42.3 Å². The second kappa shape index (κ2) is 4.85. The lowest BCUT2D eigenvalue weighted by Gasteiger charge is -2.30. The number of amides is 1. The van der Waals surface area contributed by atoms with E-state index in [9.17, 15) is 14.7 Å². The minimum absolute atomic E-state index is 0.0953. The van der Waals surface area contributed by atoms with Crippen LogP contribution < -0.4 is 11.1 Å². The van der Waals surface area contributed by atoms with Crippen molar-refractivity contribution in [3.8, 4) is 0 Å². The molecule has 0 spiro atoms. The molecule has 1 heterocycles. The summed E-state index contributed by atoms with van der Waals surface area (Å²) >= 11 is 0. The first-order chi connectivity index (χ1) is 8.09. The van der Waals surface area contributed by atoms with Crippen LogP contribution in [-0.2, 0) is 14.3 Å². The summed E-state index contributed by atoms with van der Waals surface area (Å²) in [5.41, 5.74) is 4.37. The van der Waals surface area contributed by atoms with Crippen molar-refractivity contribution in [3.63, 3.8) is 0 Å². The fraction of sp³-hybridized carbons (Fsp3) is 0.833. The number of hydrogen-bond donors (Lipinski definition) is 3. The molecule has 0 radical (unpaired) electrons. The van der Waals surface area contributed by atoms with E-state index in [0.717, 1.165) is 0 Å². The van der Waals surface area contributed by atoms with Gasteiger partial charge in [-0.25, -0.2) is 0 Å². The Labute approximate surface area is 107 Å². The van der Waals surface area contributed by atoms with Crippen LogP contribution in [0.2, 0.25) is 0 Å². The van der Waals surface area contributed by atoms with Crippen LogP contribution in [0.5, 0.6) is 0 Å². The maximum atomic E-state index is 12.0. The molecule has 104 valence electrons. The summed E-state index contributed by atoms with van der Waals surface area (Å²) in [5, 5.41) is 11.9. The Balaban J connectivity index is 2.74. The highest BCUT2D eigenvalue weighted by molar-refractivity contribution is 5.84. The number of hydrogen-bond acceptors (Lipinski definition) is 4. The van der Waals surface area contributed by atoms with Crippen molar-refractivity contribution in [1.82, 2.24) is 5.32 Å². The van der Waals surface area contributed by atoms with Crippen molar-refractivity contribution in [1.29, 1.82) is 0 Å². The lowest BCUT2D eigenvalue weighted by molar-refractivity contribution is -0.149. The fourth-order valence-electron chi connectivity index (χ4n) is 1.74. The van der Waals surface area contributed by atoms with E-state index in [0.29, 0.717) is 0 Å². The van der Waals surface area contributed by atoms with Crippen molar-refractivity contribution in [2.75, 3.05) is 13.2 Å². The molecule has 0 aromatic rings. The van der Waals surface area contributed by atoms with E-state index in [2.05, 4.69) is 5.32 Å². The molecule has 1 aliphatic rings. The largest absolute Gasteiger partial charge is 0.481 e. The van der Waals surface area contributed by atoms with Crippen LogP contribution in [0.15, 0.2) is 0 Å². The van der Waals surface area contributed by atoms with Gasteiger partial charge in [-0.15, -0.1) is 0 Å². The van der Waals surface area contributed by atoms with Gasteiger partial charge in [-0.2, -0.15) is 0 Å². The molecule has 1 rings (SSSR count). The summed E-state index contributed by atoms with van der Waals surface area (Å²) in [5.74, 6) is -1.32. The van der Waals surface area contributed by atoms with Gasteiger partial charge in [0.2, 0.25) is 5.91 Å². The van der Waals surface area contributed by atoms with E-state index in [1.807, 2.05) is 20.8 Å². The quantitative estimate of drug-likeness (QED) is 0.659. The number of carboxylic acids is 1. The minimum Gasteiger partial charge on any atom is -0.481 e. The second-order valence-electron chi connectivity index (χ2n) is 6.14. The van der Waals surface area contributed by atoms with E-state index in [4.69, 9.17) is 10.5 Å². The zero-order valence-corrected chi connectivity index (χ0v) is 11.3. The smallest absolute Gasteiger partial charge is 0.313 e. The average Bonchev–Trinajstić information content (AvgIpc) is 2.59. The highest BCUT2D eigenvalue weighted by Crippen LogP contribution is 2.29. The average molecular weight is 258 g/mol. The summed E-state index contributed by atoms with van der Waals surface area (Å²) in [6.45, 7) is 7.44. The SMILES string of the molecule is CC(C)(C)C(N)C(=O)NC1COCC1(C)C(=O)O. The zero-order chi connectivity index (χ0) is 14.1. The molecule has 0 aromatic carbocycles. The third kappa shape index (κ3) is 2.81. The van der Waals surface area contributed by atoms with Gasteiger partial charge in [0.15, 0.2) is 0 Å². The van der Waals surface area contributed by atoms with Gasteiger partial charge in [0.05, 0.1) is 25.3 Å². The highest BCUT2D eigenvalue weighted by atomic mass is 16.5.